The van der Waals surface area contributed by atoms with Gasteiger partial charge in [-0.05, 0) is 39.5 Å². The van der Waals surface area contributed by atoms with Crippen molar-refractivity contribution in [2.24, 2.45) is 0 Å². The zero-order valence-corrected chi connectivity index (χ0v) is 19.3. The molecule has 156 valence electrons. The summed E-state index contributed by atoms with van der Waals surface area (Å²) >= 11 is 3.44. The molecule has 0 saturated heterocycles. The van der Waals surface area contributed by atoms with Gasteiger partial charge in [0.1, 0.15) is 0 Å². The topological polar surface area (TPSA) is 38.7 Å². The van der Waals surface area contributed by atoms with Gasteiger partial charge in [0.25, 0.3) is 0 Å². The van der Waals surface area contributed by atoms with Crippen molar-refractivity contribution in [3.63, 3.8) is 0 Å². The van der Waals surface area contributed by atoms with Crippen LogP contribution in [0.2, 0.25) is 0 Å². The van der Waals surface area contributed by atoms with Crippen molar-refractivity contribution < 1.29 is 0 Å². The third kappa shape index (κ3) is 5.54. The minimum atomic E-state index is 0.516. The number of aromatic nitrogens is 3. The number of nitrogens with zero attached hydrogens (tertiary/aromatic N) is 3. The Kier molecular flexibility index (Phi) is 7.15. The Morgan fingerprint density at radius 3 is 1.72 bits per heavy atom. The highest BCUT2D eigenvalue weighted by atomic mass is 79.9. The van der Waals surface area contributed by atoms with Crippen LogP contribution in [0.3, 0.4) is 0 Å². The zero-order chi connectivity index (χ0) is 22.2. The van der Waals surface area contributed by atoms with Gasteiger partial charge >= 0.3 is 0 Å². The van der Waals surface area contributed by atoms with E-state index in [4.69, 9.17) is 4.98 Å². The number of allylic oxidation sites excluding steroid dienone is 5. The first-order chi connectivity index (χ1) is 15.7. The van der Waals surface area contributed by atoms with Gasteiger partial charge in [0.05, 0.1) is 0 Å². The predicted octanol–water partition coefficient (Wildman–Crippen LogP) is 7.78. The van der Waals surface area contributed by atoms with E-state index in [1.54, 1.807) is 0 Å². The van der Waals surface area contributed by atoms with Crippen molar-refractivity contribution in [1.29, 1.82) is 0 Å². The third-order valence-corrected chi connectivity index (χ3v) is 5.20. The fourth-order valence-corrected chi connectivity index (χ4v) is 3.54. The van der Waals surface area contributed by atoms with Gasteiger partial charge in [0, 0.05) is 11.1 Å². The average molecular weight is 480 g/mol. The van der Waals surface area contributed by atoms with Crippen LogP contribution in [0.4, 0.5) is 0 Å². The molecule has 0 fully saturated rings. The SMILES string of the molecule is C\C=C/C=C\C=C\c1ccc(-c2nc(Br)nc(-c3ccc(-c4ccccc4)cc3)n2)cc1. The number of benzene rings is 3. The molecule has 4 heteroatoms. The first-order valence-electron chi connectivity index (χ1n) is 10.4. The molecule has 0 aliphatic rings. The molecule has 4 aromatic rings. The van der Waals surface area contributed by atoms with Gasteiger partial charge in [-0.2, -0.15) is 0 Å². The lowest BCUT2D eigenvalue weighted by Gasteiger charge is -2.07. The summed E-state index contributed by atoms with van der Waals surface area (Å²) in [7, 11) is 0. The zero-order valence-electron chi connectivity index (χ0n) is 17.7. The van der Waals surface area contributed by atoms with E-state index in [-0.39, 0.29) is 0 Å². The highest BCUT2D eigenvalue weighted by molar-refractivity contribution is 9.10. The Bertz CT molecular complexity index is 1260. The Morgan fingerprint density at radius 2 is 1.09 bits per heavy atom. The maximum absolute atomic E-state index is 4.71. The minimum absolute atomic E-state index is 0.516. The van der Waals surface area contributed by atoms with Crippen LogP contribution in [0, 0.1) is 0 Å². The fraction of sp³-hybridized carbons (Fsp3) is 0.0357. The summed E-state index contributed by atoms with van der Waals surface area (Å²) in [6.07, 6.45) is 12.1. The number of hydrogen-bond donors (Lipinski definition) is 0. The molecule has 0 amide bonds. The van der Waals surface area contributed by atoms with E-state index in [9.17, 15) is 0 Å². The van der Waals surface area contributed by atoms with E-state index in [1.165, 1.54) is 5.56 Å². The van der Waals surface area contributed by atoms with Crippen molar-refractivity contribution in [3.8, 4) is 33.9 Å². The first kappa shape index (κ1) is 21.6. The van der Waals surface area contributed by atoms with Crippen molar-refractivity contribution in [2.45, 2.75) is 6.92 Å². The lowest BCUT2D eigenvalue weighted by atomic mass is 10.0. The molecule has 0 atom stereocenters. The molecule has 4 rings (SSSR count). The normalized spacial score (nSPS) is 11.7. The maximum Gasteiger partial charge on any atom is 0.200 e. The van der Waals surface area contributed by atoms with Gasteiger partial charge in [-0.15, -0.1) is 0 Å². The quantitative estimate of drug-likeness (QED) is 0.265. The second-order valence-electron chi connectivity index (χ2n) is 7.09. The van der Waals surface area contributed by atoms with Crippen molar-refractivity contribution in [3.05, 3.63) is 120 Å². The van der Waals surface area contributed by atoms with E-state index in [2.05, 4.69) is 68.4 Å². The molecular formula is C28H22BrN3. The summed E-state index contributed by atoms with van der Waals surface area (Å²) < 4.78 is 0.516. The summed E-state index contributed by atoms with van der Waals surface area (Å²) in [6.45, 7) is 2.00. The van der Waals surface area contributed by atoms with Crippen LogP contribution < -0.4 is 0 Å². The second kappa shape index (κ2) is 10.6. The third-order valence-electron chi connectivity index (χ3n) is 4.84. The van der Waals surface area contributed by atoms with Gasteiger partial charge in [-0.1, -0.05) is 115 Å². The Balaban J connectivity index is 1.56. The molecule has 0 bridgehead atoms. The highest BCUT2D eigenvalue weighted by Gasteiger charge is 2.09. The van der Waals surface area contributed by atoms with Crippen molar-refractivity contribution >= 4 is 22.0 Å². The van der Waals surface area contributed by atoms with Crippen molar-refractivity contribution in [2.75, 3.05) is 0 Å². The molecule has 0 radical (unpaired) electrons. The van der Waals surface area contributed by atoms with Gasteiger partial charge in [-0.25, -0.2) is 15.0 Å². The molecule has 0 aliphatic heterocycles. The number of halogens is 1. The van der Waals surface area contributed by atoms with Gasteiger partial charge in [0.2, 0.25) is 4.73 Å². The summed E-state index contributed by atoms with van der Waals surface area (Å²) in [5.41, 5.74) is 5.34. The molecule has 3 aromatic carbocycles. The van der Waals surface area contributed by atoms with Crippen LogP contribution in [0.5, 0.6) is 0 Å². The van der Waals surface area contributed by atoms with E-state index < -0.39 is 0 Å². The maximum atomic E-state index is 4.71. The van der Waals surface area contributed by atoms with Crippen LogP contribution >= 0.6 is 15.9 Å². The van der Waals surface area contributed by atoms with Crippen LogP contribution in [0.25, 0.3) is 40.0 Å². The van der Waals surface area contributed by atoms with E-state index in [0.29, 0.717) is 16.4 Å². The molecule has 0 aliphatic carbocycles. The molecule has 1 heterocycles. The minimum Gasteiger partial charge on any atom is -0.208 e. The lowest BCUT2D eigenvalue weighted by molar-refractivity contribution is 1.03. The molecule has 0 saturated carbocycles. The van der Waals surface area contributed by atoms with E-state index >= 15 is 0 Å². The standard InChI is InChI=1S/C28H22BrN3/c1-2-3-4-5-7-10-21-13-15-24(16-14-21)26-30-27(32-28(29)31-26)25-19-17-23(18-20-25)22-11-8-6-9-12-22/h2-20H,1H3/b3-2-,5-4-,10-7+. The van der Waals surface area contributed by atoms with Crippen LogP contribution in [0.1, 0.15) is 12.5 Å². The van der Waals surface area contributed by atoms with E-state index in [1.807, 2.05) is 79.8 Å². The average Bonchev–Trinajstić information content (AvgIpc) is 2.84. The molecular weight excluding hydrogens is 458 g/mol. The second-order valence-corrected chi connectivity index (χ2v) is 7.80. The monoisotopic (exact) mass is 479 g/mol. The first-order valence-corrected chi connectivity index (χ1v) is 11.2. The molecule has 0 spiro atoms. The number of hydrogen-bond acceptors (Lipinski definition) is 3. The summed E-state index contributed by atoms with van der Waals surface area (Å²) in [4.78, 5) is 13.7. The van der Waals surface area contributed by atoms with Gasteiger partial charge in [0.15, 0.2) is 11.6 Å². The highest BCUT2D eigenvalue weighted by Crippen LogP contribution is 2.25. The van der Waals surface area contributed by atoms with Crippen LogP contribution in [-0.2, 0) is 0 Å². The van der Waals surface area contributed by atoms with E-state index in [0.717, 1.165) is 22.3 Å². The number of rotatable bonds is 6. The molecule has 3 nitrogen and oxygen atoms in total. The lowest BCUT2D eigenvalue weighted by Crippen LogP contribution is -1.97. The summed E-state index contributed by atoms with van der Waals surface area (Å²) in [5.74, 6) is 1.28. The molecule has 0 N–H and O–H groups in total. The van der Waals surface area contributed by atoms with Crippen molar-refractivity contribution in [1.82, 2.24) is 15.0 Å². The fourth-order valence-electron chi connectivity index (χ4n) is 3.20. The smallest absolute Gasteiger partial charge is 0.200 e. The Morgan fingerprint density at radius 1 is 0.562 bits per heavy atom. The van der Waals surface area contributed by atoms with Crippen LogP contribution in [-0.4, -0.2) is 15.0 Å². The Hall–Kier alpha value is -3.63. The van der Waals surface area contributed by atoms with Gasteiger partial charge < -0.3 is 0 Å². The van der Waals surface area contributed by atoms with Crippen LogP contribution in [0.15, 0.2) is 114 Å². The predicted molar refractivity (Wildman–Crippen MR) is 137 cm³/mol. The summed E-state index contributed by atoms with van der Waals surface area (Å²) in [6, 6.07) is 26.7. The molecule has 32 heavy (non-hydrogen) atoms. The molecule has 1 aromatic heterocycles. The molecule has 0 unspecified atom stereocenters. The summed E-state index contributed by atoms with van der Waals surface area (Å²) in [5, 5.41) is 0. The van der Waals surface area contributed by atoms with Gasteiger partial charge in [-0.3, -0.25) is 0 Å². The largest absolute Gasteiger partial charge is 0.208 e. The Labute approximate surface area is 197 Å².